The Kier molecular flexibility index (Phi) is 7.03. The largest absolute Gasteiger partial charge is 0.456 e. The van der Waals surface area contributed by atoms with E-state index >= 15 is 0 Å². The molecule has 0 radical (unpaired) electrons. The molecule has 5 rings (SSSR count). The Labute approximate surface area is 226 Å². The molecule has 1 aliphatic rings. The molecule has 1 atom stereocenters. The molecule has 0 fully saturated rings. The number of pyridine rings is 1. The van der Waals surface area contributed by atoms with Crippen LogP contribution in [-0.4, -0.2) is 32.7 Å². The van der Waals surface area contributed by atoms with E-state index in [1.165, 1.54) is 0 Å². The molecule has 10 heteroatoms. The lowest BCUT2D eigenvalue weighted by Crippen LogP contribution is -2.45. The minimum Gasteiger partial charge on any atom is -0.456 e. The van der Waals surface area contributed by atoms with Crippen LogP contribution < -0.4 is 26.4 Å². The number of rotatable bonds is 6. The first-order chi connectivity index (χ1) is 18.7. The summed E-state index contributed by atoms with van der Waals surface area (Å²) in [5.74, 6) is 1.30. The number of hydrogen-bond acceptors (Lipinski definition) is 6. The van der Waals surface area contributed by atoms with Crippen LogP contribution in [0.25, 0.3) is 5.69 Å². The molecule has 3 amide bonds. The van der Waals surface area contributed by atoms with Gasteiger partial charge in [0.25, 0.3) is 0 Å². The molecular formula is C29H31N7O3. The lowest BCUT2D eigenvalue weighted by atomic mass is 9.92. The maximum atomic E-state index is 13.1. The van der Waals surface area contributed by atoms with Gasteiger partial charge in [0.15, 0.2) is 0 Å². The van der Waals surface area contributed by atoms with Crippen LogP contribution in [-0.2, 0) is 23.2 Å². The predicted molar refractivity (Wildman–Crippen MR) is 149 cm³/mol. The van der Waals surface area contributed by atoms with Gasteiger partial charge >= 0.3 is 6.03 Å². The number of carbonyl (C=O) groups is 2. The van der Waals surface area contributed by atoms with Crippen molar-refractivity contribution in [3.05, 3.63) is 89.9 Å². The molecule has 5 N–H and O–H groups in total. The van der Waals surface area contributed by atoms with Gasteiger partial charge in [-0.15, -0.1) is 0 Å². The summed E-state index contributed by atoms with van der Waals surface area (Å²) in [4.78, 5) is 28.9. The van der Waals surface area contributed by atoms with Crippen molar-refractivity contribution in [1.82, 2.24) is 20.1 Å². The van der Waals surface area contributed by atoms with E-state index in [-0.39, 0.29) is 11.3 Å². The van der Waals surface area contributed by atoms with E-state index in [1.54, 1.807) is 53.5 Å². The number of anilines is 2. The standard InChI is InChI=1S/C29H31N7O3/c1-29(2,3)25-15-26(36(35-25)21-10-9-18-16-32-24(27(30)37)13-19(18)12-21)34-28(38)33-20-6-4-7-22(14-20)39-23-8-5-11-31-17-23/h4-12,14-15,17,24,32H,13,16H2,1-3H3,(H2,30,37)(H2,33,34,38). The van der Waals surface area contributed by atoms with Crippen LogP contribution in [0.15, 0.2) is 73.1 Å². The van der Waals surface area contributed by atoms with E-state index in [9.17, 15) is 9.59 Å². The maximum Gasteiger partial charge on any atom is 0.324 e. The number of fused-ring (bicyclic) bond motifs is 1. The zero-order valence-electron chi connectivity index (χ0n) is 22.1. The highest BCUT2D eigenvalue weighted by Crippen LogP contribution is 2.29. The number of nitrogens with zero attached hydrogens (tertiary/aromatic N) is 3. The Balaban J connectivity index is 1.38. The molecule has 1 aliphatic heterocycles. The molecule has 0 aliphatic carbocycles. The predicted octanol–water partition coefficient (Wildman–Crippen LogP) is 4.50. The number of carbonyl (C=O) groups excluding carboxylic acids is 2. The molecule has 4 aromatic rings. The monoisotopic (exact) mass is 525 g/mol. The molecule has 2 aromatic carbocycles. The molecule has 0 saturated carbocycles. The van der Waals surface area contributed by atoms with Crippen molar-refractivity contribution in [2.24, 2.45) is 5.73 Å². The second-order valence-electron chi connectivity index (χ2n) is 10.5. The average molecular weight is 526 g/mol. The number of ether oxygens (including phenoxy) is 1. The molecule has 1 unspecified atom stereocenters. The third kappa shape index (κ3) is 6.07. The minimum absolute atomic E-state index is 0.245. The van der Waals surface area contributed by atoms with E-state index in [2.05, 4.69) is 41.7 Å². The van der Waals surface area contributed by atoms with E-state index in [0.717, 1.165) is 22.5 Å². The van der Waals surface area contributed by atoms with Gasteiger partial charge in [0.1, 0.15) is 17.3 Å². The maximum absolute atomic E-state index is 13.1. The van der Waals surface area contributed by atoms with Crippen LogP contribution in [0.5, 0.6) is 11.5 Å². The van der Waals surface area contributed by atoms with Crippen molar-refractivity contribution in [3.8, 4) is 17.2 Å². The smallest absolute Gasteiger partial charge is 0.324 e. The van der Waals surface area contributed by atoms with Gasteiger partial charge in [-0.05, 0) is 53.9 Å². The third-order valence-corrected chi connectivity index (χ3v) is 6.42. The Hall–Kier alpha value is -4.70. The number of benzene rings is 2. The number of amides is 3. The van der Waals surface area contributed by atoms with E-state index in [0.29, 0.717) is 36.0 Å². The van der Waals surface area contributed by atoms with Crippen molar-refractivity contribution < 1.29 is 14.3 Å². The van der Waals surface area contributed by atoms with Gasteiger partial charge in [0, 0.05) is 36.0 Å². The van der Waals surface area contributed by atoms with E-state index in [4.69, 9.17) is 15.6 Å². The molecular weight excluding hydrogens is 494 g/mol. The number of nitrogens with two attached hydrogens (primary N) is 1. The lowest BCUT2D eigenvalue weighted by molar-refractivity contribution is -0.120. The van der Waals surface area contributed by atoms with Crippen molar-refractivity contribution >= 4 is 23.4 Å². The van der Waals surface area contributed by atoms with Gasteiger partial charge < -0.3 is 21.1 Å². The molecule has 2 aromatic heterocycles. The summed E-state index contributed by atoms with van der Waals surface area (Å²) in [5.41, 5.74) is 9.56. The minimum atomic E-state index is -0.425. The summed E-state index contributed by atoms with van der Waals surface area (Å²) in [6, 6.07) is 17.7. The number of aromatic nitrogens is 3. The van der Waals surface area contributed by atoms with Gasteiger partial charge in [-0.2, -0.15) is 5.10 Å². The second-order valence-corrected chi connectivity index (χ2v) is 10.5. The van der Waals surface area contributed by atoms with Crippen molar-refractivity contribution in [1.29, 1.82) is 0 Å². The first kappa shape index (κ1) is 25.9. The highest BCUT2D eigenvalue weighted by Gasteiger charge is 2.25. The summed E-state index contributed by atoms with van der Waals surface area (Å²) < 4.78 is 7.53. The fraction of sp³-hybridized carbons (Fsp3) is 0.241. The highest BCUT2D eigenvalue weighted by atomic mass is 16.5. The number of primary amides is 1. The quantitative estimate of drug-likeness (QED) is 0.293. The zero-order valence-corrected chi connectivity index (χ0v) is 22.1. The lowest BCUT2D eigenvalue weighted by Gasteiger charge is -2.24. The molecule has 10 nitrogen and oxygen atoms in total. The highest BCUT2D eigenvalue weighted by molar-refractivity contribution is 5.99. The number of urea groups is 1. The van der Waals surface area contributed by atoms with E-state index in [1.807, 2.05) is 24.3 Å². The molecule has 0 saturated heterocycles. The molecule has 3 heterocycles. The Morgan fingerprint density at radius 3 is 2.59 bits per heavy atom. The molecule has 0 bridgehead atoms. The number of nitrogens with one attached hydrogen (secondary N) is 3. The summed E-state index contributed by atoms with van der Waals surface area (Å²) in [6.45, 7) is 6.75. The molecule has 200 valence electrons. The first-order valence-corrected chi connectivity index (χ1v) is 12.7. The topological polar surface area (TPSA) is 136 Å². The summed E-state index contributed by atoms with van der Waals surface area (Å²) >= 11 is 0. The Morgan fingerprint density at radius 1 is 1.03 bits per heavy atom. The Bertz CT molecular complexity index is 1510. The molecule has 0 spiro atoms. The van der Waals surface area contributed by atoms with Gasteiger partial charge in [-0.3, -0.25) is 15.1 Å². The summed E-state index contributed by atoms with van der Waals surface area (Å²) in [6.07, 6.45) is 3.78. The van der Waals surface area contributed by atoms with Crippen LogP contribution in [0.4, 0.5) is 16.3 Å². The Morgan fingerprint density at radius 2 is 1.85 bits per heavy atom. The fourth-order valence-electron chi connectivity index (χ4n) is 4.33. The van der Waals surface area contributed by atoms with Crippen LogP contribution in [0.3, 0.4) is 0 Å². The first-order valence-electron chi connectivity index (χ1n) is 12.7. The average Bonchev–Trinajstić information content (AvgIpc) is 3.33. The van der Waals surface area contributed by atoms with Crippen LogP contribution in [0, 0.1) is 0 Å². The van der Waals surface area contributed by atoms with Gasteiger partial charge in [0.05, 0.1) is 23.6 Å². The van der Waals surface area contributed by atoms with Crippen molar-refractivity contribution in [2.75, 3.05) is 10.6 Å². The van der Waals surface area contributed by atoms with Crippen LogP contribution in [0.1, 0.15) is 37.6 Å². The van der Waals surface area contributed by atoms with Crippen LogP contribution >= 0.6 is 0 Å². The normalized spacial score (nSPS) is 14.8. The summed E-state index contributed by atoms with van der Waals surface area (Å²) in [5, 5.41) is 13.8. The van der Waals surface area contributed by atoms with Crippen LogP contribution in [0.2, 0.25) is 0 Å². The van der Waals surface area contributed by atoms with Crippen molar-refractivity contribution in [2.45, 2.75) is 45.2 Å². The van der Waals surface area contributed by atoms with E-state index < -0.39 is 12.1 Å². The third-order valence-electron chi connectivity index (χ3n) is 6.42. The summed E-state index contributed by atoms with van der Waals surface area (Å²) in [7, 11) is 0. The zero-order chi connectivity index (χ0) is 27.6. The van der Waals surface area contributed by atoms with Gasteiger partial charge in [0.2, 0.25) is 5.91 Å². The SMILES string of the molecule is CC(C)(C)c1cc(NC(=O)Nc2cccc(Oc3cccnc3)c2)n(-c2ccc3c(c2)CC(C(N)=O)NC3)n1. The van der Waals surface area contributed by atoms with Gasteiger partial charge in [-0.1, -0.05) is 32.9 Å². The second kappa shape index (κ2) is 10.6. The van der Waals surface area contributed by atoms with Crippen molar-refractivity contribution in [3.63, 3.8) is 0 Å². The fourth-order valence-corrected chi connectivity index (χ4v) is 4.33. The molecule has 39 heavy (non-hydrogen) atoms. The number of hydrogen-bond donors (Lipinski definition) is 4. The van der Waals surface area contributed by atoms with Gasteiger partial charge in [-0.25, -0.2) is 9.48 Å².